The monoisotopic (exact) mass is 263 g/mol. The van der Waals surface area contributed by atoms with E-state index < -0.39 is 0 Å². The van der Waals surface area contributed by atoms with E-state index in [1.165, 1.54) is 17.0 Å². The number of hydrogen-bond donors (Lipinski definition) is 1. The summed E-state index contributed by atoms with van der Waals surface area (Å²) in [4.78, 5) is 9.64. The fourth-order valence-corrected chi connectivity index (χ4v) is 2.86. The summed E-state index contributed by atoms with van der Waals surface area (Å²) in [7, 11) is 1.77. The molecule has 0 spiro atoms. The van der Waals surface area contributed by atoms with Crippen LogP contribution in [-0.4, -0.2) is 23.6 Å². The van der Waals surface area contributed by atoms with E-state index >= 15 is 0 Å². The zero-order valence-corrected chi connectivity index (χ0v) is 12.5. The van der Waals surface area contributed by atoms with Crippen LogP contribution in [0.1, 0.15) is 56.4 Å². The van der Waals surface area contributed by atoms with Crippen molar-refractivity contribution in [1.82, 2.24) is 15.3 Å². The van der Waals surface area contributed by atoms with Crippen molar-refractivity contribution in [3.05, 3.63) is 22.8 Å². The number of aryl methyl sites for hydroxylation is 1. The van der Waals surface area contributed by atoms with Crippen LogP contribution in [-0.2, 0) is 29.7 Å². The van der Waals surface area contributed by atoms with Crippen LogP contribution >= 0.6 is 0 Å². The molecule has 0 bridgehead atoms. The molecule has 0 unspecified atom stereocenters. The largest absolute Gasteiger partial charge is 0.370 e. The van der Waals surface area contributed by atoms with Gasteiger partial charge >= 0.3 is 0 Å². The molecule has 4 nitrogen and oxygen atoms in total. The van der Waals surface area contributed by atoms with Gasteiger partial charge in [-0.25, -0.2) is 9.97 Å². The van der Waals surface area contributed by atoms with E-state index in [-0.39, 0.29) is 5.60 Å². The predicted molar refractivity (Wildman–Crippen MR) is 76.1 cm³/mol. The minimum atomic E-state index is -0.330. The van der Waals surface area contributed by atoms with Crippen molar-refractivity contribution in [3.63, 3.8) is 0 Å². The summed E-state index contributed by atoms with van der Waals surface area (Å²) in [6, 6.07) is 0. The van der Waals surface area contributed by atoms with E-state index in [0.717, 1.165) is 44.6 Å². The van der Waals surface area contributed by atoms with Crippen LogP contribution in [0.5, 0.6) is 0 Å². The molecular weight excluding hydrogens is 238 g/mol. The Balaban J connectivity index is 2.52. The van der Waals surface area contributed by atoms with E-state index in [1.807, 2.05) is 0 Å². The van der Waals surface area contributed by atoms with Crippen LogP contribution < -0.4 is 5.32 Å². The van der Waals surface area contributed by atoms with Gasteiger partial charge in [-0.05, 0) is 19.3 Å². The molecule has 1 aliphatic rings. The van der Waals surface area contributed by atoms with Gasteiger partial charge in [-0.1, -0.05) is 20.8 Å². The van der Waals surface area contributed by atoms with Gasteiger partial charge in [0, 0.05) is 37.9 Å². The lowest BCUT2D eigenvalue weighted by molar-refractivity contribution is -0.0295. The maximum absolute atomic E-state index is 5.77. The zero-order chi connectivity index (χ0) is 13.9. The highest BCUT2D eigenvalue weighted by molar-refractivity contribution is 5.29. The molecule has 2 heterocycles. The first kappa shape index (κ1) is 14.4. The Kier molecular flexibility index (Phi) is 4.53. The van der Waals surface area contributed by atoms with Crippen LogP contribution in [0.25, 0.3) is 0 Å². The molecule has 0 aromatic carbocycles. The van der Waals surface area contributed by atoms with Gasteiger partial charge in [0.25, 0.3) is 0 Å². The van der Waals surface area contributed by atoms with Gasteiger partial charge < -0.3 is 10.1 Å². The molecule has 0 fully saturated rings. The van der Waals surface area contributed by atoms with Gasteiger partial charge in [-0.15, -0.1) is 0 Å². The summed E-state index contributed by atoms with van der Waals surface area (Å²) in [6.45, 7) is 8.35. The number of ether oxygens (including phenoxy) is 1. The molecule has 19 heavy (non-hydrogen) atoms. The smallest absolute Gasteiger partial charge is 0.160 e. The van der Waals surface area contributed by atoms with Crippen molar-refractivity contribution in [3.8, 4) is 0 Å². The first-order valence-electron chi connectivity index (χ1n) is 7.35. The quantitative estimate of drug-likeness (QED) is 0.886. The van der Waals surface area contributed by atoms with Gasteiger partial charge in [0.1, 0.15) is 5.60 Å². The molecule has 4 heteroatoms. The third-order valence-electron chi connectivity index (χ3n) is 4.29. The summed E-state index contributed by atoms with van der Waals surface area (Å²) in [6.07, 6.45) is 3.75. The van der Waals surface area contributed by atoms with E-state index in [9.17, 15) is 0 Å². The molecule has 1 aromatic heterocycles. The van der Waals surface area contributed by atoms with Crippen LogP contribution in [0.4, 0.5) is 0 Å². The fraction of sp³-hybridized carbons (Fsp3) is 0.733. The highest BCUT2D eigenvalue weighted by atomic mass is 16.5. The maximum Gasteiger partial charge on any atom is 0.160 e. The lowest BCUT2D eigenvalue weighted by atomic mass is 9.94. The molecular formula is C15H25N3O. The van der Waals surface area contributed by atoms with E-state index in [0.29, 0.717) is 0 Å². The van der Waals surface area contributed by atoms with Crippen LogP contribution in [0.2, 0.25) is 0 Å². The number of hydrogen-bond acceptors (Lipinski definition) is 4. The topological polar surface area (TPSA) is 47.0 Å². The van der Waals surface area contributed by atoms with Crippen LogP contribution in [0.15, 0.2) is 0 Å². The second-order valence-corrected chi connectivity index (χ2v) is 5.11. The Hall–Kier alpha value is -1.00. The van der Waals surface area contributed by atoms with Crippen molar-refractivity contribution in [2.24, 2.45) is 0 Å². The molecule has 1 N–H and O–H groups in total. The third-order valence-corrected chi connectivity index (χ3v) is 4.29. The van der Waals surface area contributed by atoms with E-state index in [1.54, 1.807) is 7.11 Å². The minimum absolute atomic E-state index is 0.330. The normalized spacial score (nSPS) is 15.4. The molecule has 2 rings (SSSR count). The number of nitrogens with one attached hydrogen (secondary N) is 1. The lowest BCUT2D eigenvalue weighted by Gasteiger charge is -2.30. The number of nitrogens with zero attached hydrogens (tertiary/aromatic N) is 2. The Morgan fingerprint density at radius 1 is 1.21 bits per heavy atom. The van der Waals surface area contributed by atoms with Crippen molar-refractivity contribution in [2.45, 2.75) is 58.6 Å². The summed E-state index contributed by atoms with van der Waals surface area (Å²) < 4.78 is 5.77. The van der Waals surface area contributed by atoms with Gasteiger partial charge in [0.15, 0.2) is 5.82 Å². The number of methoxy groups -OCH3 is 1. The summed E-state index contributed by atoms with van der Waals surface area (Å²) in [5.41, 5.74) is 3.36. The highest BCUT2D eigenvalue weighted by Crippen LogP contribution is 2.31. The average Bonchev–Trinajstić information content (AvgIpc) is 2.48. The van der Waals surface area contributed by atoms with Crippen molar-refractivity contribution in [2.75, 3.05) is 13.7 Å². The first-order valence-corrected chi connectivity index (χ1v) is 7.35. The highest BCUT2D eigenvalue weighted by Gasteiger charge is 2.33. The maximum atomic E-state index is 5.77. The van der Waals surface area contributed by atoms with Crippen molar-refractivity contribution < 1.29 is 4.74 Å². The van der Waals surface area contributed by atoms with E-state index in [2.05, 4.69) is 26.1 Å². The summed E-state index contributed by atoms with van der Waals surface area (Å²) in [5.74, 6) is 0.873. The Labute approximate surface area is 116 Å². The third kappa shape index (κ3) is 2.51. The molecule has 0 saturated heterocycles. The fourth-order valence-electron chi connectivity index (χ4n) is 2.86. The van der Waals surface area contributed by atoms with Crippen molar-refractivity contribution >= 4 is 0 Å². The molecule has 0 saturated carbocycles. The Bertz CT molecular complexity index is 416. The van der Waals surface area contributed by atoms with Crippen molar-refractivity contribution in [1.29, 1.82) is 0 Å². The number of fused-ring (bicyclic) bond motifs is 1. The molecule has 1 aromatic rings. The standard InChI is InChI=1S/C15H25N3O/c1-5-12-11-10-16-9-8-13(11)18-14(17-12)15(6-2,7-3)19-4/h16H,5-10H2,1-4H3. The predicted octanol–water partition coefficient (Wildman–Crippen LogP) is 2.35. The second kappa shape index (κ2) is 5.97. The minimum Gasteiger partial charge on any atom is -0.370 e. The summed E-state index contributed by atoms with van der Waals surface area (Å²) >= 11 is 0. The van der Waals surface area contributed by atoms with Gasteiger partial charge in [0.2, 0.25) is 0 Å². The molecule has 1 aliphatic heterocycles. The zero-order valence-electron chi connectivity index (χ0n) is 12.5. The van der Waals surface area contributed by atoms with Gasteiger partial charge in [-0.3, -0.25) is 0 Å². The molecule has 0 radical (unpaired) electrons. The Morgan fingerprint density at radius 2 is 1.95 bits per heavy atom. The lowest BCUT2D eigenvalue weighted by Crippen LogP contribution is -2.33. The van der Waals surface area contributed by atoms with E-state index in [4.69, 9.17) is 14.7 Å². The summed E-state index contributed by atoms with van der Waals surface area (Å²) in [5, 5.41) is 3.40. The molecule has 0 atom stereocenters. The SMILES string of the molecule is CCc1nc(C(CC)(CC)OC)nc2c1CNCC2. The van der Waals surface area contributed by atoms with Crippen LogP contribution in [0, 0.1) is 0 Å². The van der Waals surface area contributed by atoms with Gasteiger partial charge in [0.05, 0.1) is 5.69 Å². The molecule has 0 amide bonds. The number of rotatable bonds is 5. The molecule has 0 aliphatic carbocycles. The van der Waals surface area contributed by atoms with Gasteiger partial charge in [-0.2, -0.15) is 0 Å². The molecule has 106 valence electrons. The average molecular weight is 263 g/mol. The Morgan fingerprint density at radius 3 is 2.53 bits per heavy atom. The van der Waals surface area contributed by atoms with Crippen LogP contribution in [0.3, 0.4) is 0 Å². The number of aromatic nitrogens is 2. The first-order chi connectivity index (χ1) is 9.20. The second-order valence-electron chi connectivity index (χ2n) is 5.11.